The number of hydrogen-bond donors (Lipinski definition) is 1. The molecule has 0 unspecified atom stereocenters. The van der Waals surface area contributed by atoms with E-state index >= 15 is 0 Å². The standard InChI is InChI=1S/C13H13N5O/c1-13(2,14)12-17-11(19-18-12)8-3-4-9-10(7-8)16-6-5-15-9/h3-7H,14H2,1-2H3. The lowest BCUT2D eigenvalue weighted by Crippen LogP contribution is -2.30. The third-order valence-electron chi connectivity index (χ3n) is 2.72. The fraction of sp³-hybridized carbons (Fsp3) is 0.231. The van der Waals surface area contributed by atoms with Gasteiger partial charge in [-0.15, -0.1) is 0 Å². The van der Waals surface area contributed by atoms with Crippen molar-refractivity contribution >= 4 is 11.0 Å². The summed E-state index contributed by atoms with van der Waals surface area (Å²) in [5, 5.41) is 3.90. The minimum Gasteiger partial charge on any atom is -0.334 e. The van der Waals surface area contributed by atoms with Crippen molar-refractivity contribution < 1.29 is 4.52 Å². The molecule has 1 aromatic carbocycles. The van der Waals surface area contributed by atoms with Crippen molar-refractivity contribution in [3.8, 4) is 11.5 Å². The summed E-state index contributed by atoms with van der Waals surface area (Å²) in [4.78, 5) is 12.8. The maximum Gasteiger partial charge on any atom is 0.258 e. The number of benzene rings is 1. The molecule has 0 aliphatic rings. The predicted molar refractivity (Wildman–Crippen MR) is 70.0 cm³/mol. The van der Waals surface area contributed by atoms with E-state index in [2.05, 4.69) is 20.1 Å². The average molecular weight is 255 g/mol. The number of nitrogens with zero attached hydrogens (tertiary/aromatic N) is 4. The Morgan fingerprint density at radius 2 is 1.84 bits per heavy atom. The minimum atomic E-state index is -0.627. The van der Waals surface area contributed by atoms with Crippen molar-refractivity contribution in [2.24, 2.45) is 5.73 Å². The molecule has 3 rings (SSSR count). The van der Waals surface area contributed by atoms with Crippen molar-refractivity contribution in [3.05, 3.63) is 36.4 Å². The summed E-state index contributed by atoms with van der Waals surface area (Å²) >= 11 is 0. The van der Waals surface area contributed by atoms with E-state index in [0.29, 0.717) is 11.7 Å². The average Bonchev–Trinajstić information content (AvgIpc) is 2.87. The number of rotatable bonds is 2. The Bertz CT molecular complexity index is 729. The Morgan fingerprint density at radius 3 is 2.53 bits per heavy atom. The molecular formula is C13H13N5O. The smallest absolute Gasteiger partial charge is 0.258 e. The first-order valence-electron chi connectivity index (χ1n) is 5.88. The second kappa shape index (κ2) is 4.10. The molecule has 3 aromatic rings. The summed E-state index contributed by atoms with van der Waals surface area (Å²) in [6.45, 7) is 3.65. The molecular weight excluding hydrogens is 242 g/mol. The van der Waals surface area contributed by atoms with Crippen LogP contribution in [0.3, 0.4) is 0 Å². The zero-order valence-corrected chi connectivity index (χ0v) is 10.7. The van der Waals surface area contributed by atoms with E-state index in [0.717, 1.165) is 16.6 Å². The van der Waals surface area contributed by atoms with Gasteiger partial charge in [-0.1, -0.05) is 5.16 Å². The highest BCUT2D eigenvalue weighted by molar-refractivity contribution is 5.79. The Balaban J connectivity index is 2.07. The molecule has 0 fully saturated rings. The zero-order valence-electron chi connectivity index (χ0n) is 10.7. The van der Waals surface area contributed by atoms with Gasteiger partial charge in [0.05, 0.1) is 16.6 Å². The summed E-state index contributed by atoms with van der Waals surface area (Å²) in [6, 6.07) is 5.61. The molecule has 0 aliphatic heterocycles. The third-order valence-corrected chi connectivity index (χ3v) is 2.72. The number of aromatic nitrogens is 4. The molecule has 0 radical (unpaired) electrons. The highest BCUT2D eigenvalue weighted by Crippen LogP contribution is 2.23. The topological polar surface area (TPSA) is 90.7 Å². The molecule has 0 aliphatic carbocycles. The lowest BCUT2D eigenvalue weighted by atomic mass is 10.1. The van der Waals surface area contributed by atoms with Gasteiger partial charge < -0.3 is 10.3 Å². The van der Waals surface area contributed by atoms with Gasteiger partial charge in [0.15, 0.2) is 5.82 Å². The van der Waals surface area contributed by atoms with Crippen LogP contribution in [0, 0.1) is 0 Å². The SMILES string of the molecule is CC(C)(N)c1noc(-c2ccc3nccnc3c2)n1. The van der Waals surface area contributed by atoms with Crippen LogP contribution >= 0.6 is 0 Å². The van der Waals surface area contributed by atoms with Crippen LogP contribution in [-0.4, -0.2) is 20.1 Å². The molecule has 2 aromatic heterocycles. The van der Waals surface area contributed by atoms with Gasteiger partial charge in [0.2, 0.25) is 0 Å². The molecule has 2 N–H and O–H groups in total. The van der Waals surface area contributed by atoms with Crippen molar-refractivity contribution in [2.45, 2.75) is 19.4 Å². The molecule has 0 saturated heterocycles. The summed E-state index contributed by atoms with van der Waals surface area (Å²) < 4.78 is 5.24. The Hall–Kier alpha value is -2.34. The van der Waals surface area contributed by atoms with E-state index < -0.39 is 5.54 Å². The third kappa shape index (κ3) is 2.17. The lowest BCUT2D eigenvalue weighted by Gasteiger charge is -2.11. The van der Waals surface area contributed by atoms with Gasteiger partial charge in [-0.2, -0.15) is 4.98 Å². The maximum absolute atomic E-state index is 5.93. The van der Waals surface area contributed by atoms with Crippen LogP contribution in [0.25, 0.3) is 22.5 Å². The monoisotopic (exact) mass is 255 g/mol. The fourth-order valence-electron chi connectivity index (χ4n) is 1.70. The summed E-state index contributed by atoms with van der Waals surface area (Å²) in [5.41, 5.74) is 7.71. The lowest BCUT2D eigenvalue weighted by molar-refractivity contribution is 0.397. The molecule has 0 amide bonds. The van der Waals surface area contributed by atoms with Crippen molar-refractivity contribution in [3.63, 3.8) is 0 Å². The summed E-state index contributed by atoms with van der Waals surface area (Å²) in [5.74, 6) is 0.905. The minimum absolute atomic E-state index is 0.432. The van der Waals surface area contributed by atoms with E-state index in [1.54, 1.807) is 12.4 Å². The molecule has 19 heavy (non-hydrogen) atoms. The highest BCUT2D eigenvalue weighted by Gasteiger charge is 2.22. The largest absolute Gasteiger partial charge is 0.334 e. The van der Waals surface area contributed by atoms with Crippen molar-refractivity contribution in [1.29, 1.82) is 0 Å². The number of nitrogens with two attached hydrogens (primary N) is 1. The van der Waals surface area contributed by atoms with Gasteiger partial charge in [0.25, 0.3) is 5.89 Å². The van der Waals surface area contributed by atoms with E-state index in [4.69, 9.17) is 10.3 Å². The second-order valence-electron chi connectivity index (χ2n) is 4.90. The van der Waals surface area contributed by atoms with Gasteiger partial charge in [-0.05, 0) is 32.0 Å². The Labute approximate surface area is 109 Å². The Morgan fingerprint density at radius 1 is 1.11 bits per heavy atom. The van der Waals surface area contributed by atoms with Crippen LogP contribution in [0.1, 0.15) is 19.7 Å². The van der Waals surface area contributed by atoms with Gasteiger partial charge in [0.1, 0.15) is 0 Å². The van der Waals surface area contributed by atoms with E-state index in [-0.39, 0.29) is 0 Å². The summed E-state index contributed by atoms with van der Waals surface area (Å²) in [7, 11) is 0. The van der Waals surface area contributed by atoms with Gasteiger partial charge >= 0.3 is 0 Å². The highest BCUT2D eigenvalue weighted by atomic mass is 16.5. The van der Waals surface area contributed by atoms with Crippen LogP contribution in [0.15, 0.2) is 35.1 Å². The van der Waals surface area contributed by atoms with Crippen LogP contribution in [-0.2, 0) is 5.54 Å². The molecule has 2 heterocycles. The predicted octanol–water partition coefficient (Wildman–Crippen LogP) is 1.87. The van der Waals surface area contributed by atoms with Crippen LogP contribution in [0.2, 0.25) is 0 Å². The normalized spacial score (nSPS) is 11.9. The second-order valence-corrected chi connectivity index (χ2v) is 4.90. The van der Waals surface area contributed by atoms with E-state index in [1.807, 2.05) is 32.0 Å². The van der Waals surface area contributed by atoms with Gasteiger partial charge in [-0.3, -0.25) is 9.97 Å². The first-order valence-corrected chi connectivity index (χ1v) is 5.88. The fourth-order valence-corrected chi connectivity index (χ4v) is 1.70. The van der Waals surface area contributed by atoms with Crippen LogP contribution in [0.4, 0.5) is 0 Å². The van der Waals surface area contributed by atoms with Gasteiger partial charge in [0, 0.05) is 18.0 Å². The van der Waals surface area contributed by atoms with E-state index in [9.17, 15) is 0 Å². The molecule has 0 atom stereocenters. The Kier molecular flexibility index (Phi) is 2.53. The van der Waals surface area contributed by atoms with Crippen LogP contribution < -0.4 is 5.73 Å². The molecule has 6 heteroatoms. The van der Waals surface area contributed by atoms with E-state index in [1.165, 1.54) is 0 Å². The zero-order chi connectivity index (χ0) is 13.5. The van der Waals surface area contributed by atoms with Crippen molar-refractivity contribution in [1.82, 2.24) is 20.1 Å². The first-order chi connectivity index (χ1) is 9.04. The van der Waals surface area contributed by atoms with Crippen molar-refractivity contribution in [2.75, 3.05) is 0 Å². The quantitative estimate of drug-likeness (QED) is 0.751. The van der Waals surface area contributed by atoms with Crippen LogP contribution in [0.5, 0.6) is 0 Å². The number of fused-ring (bicyclic) bond motifs is 1. The number of hydrogen-bond acceptors (Lipinski definition) is 6. The maximum atomic E-state index is 5.93. The molecule has 6 nitrogen and oxygen atoms in total. The molecule has 0 saturated carbocycles. The first kappa shape index (κ1) is 11.7. The van der Waals surface area contributed by atoms with Gasteiger partial charge in [-0.25, -0.2) is 0 Å². The molecule has 0 spiro atoms. The summed E-state index contributed by atoms with van der Waals surface area (Å²) in [6.07, 6.45) is 3.30. The molecule has 96 valence electrons. The molecule has 0 bridgehead atoms.